The summed E-state index contributed by atoms with van der Waals surface area (Å²) < 4.78 is 5.13. The Morgan fingerprint density at radius 1 is 1.31 bits per heavy atom. The number of rotatable bonds is 2. The Morgan fingerprint density at radius 2 is 1.85 bits per heavy atom. The molecule has 1 aromatic carbocycles. The third-order valence-corrected chi connectivity index (χ3v) is 2.14. The molecule has 0 bridgehead atoms. The van der Waals surface area contributed by atoms with Gasteiger partial charge < -0.3 is 9.58 Å². The lowest BCUT2D eigenvalue weighted by molar-refractivity contribution is 0.414. The molecule has 0 N–H and O–H groups in total. The lowest BCUT2D eigenvalue weighted by Crippen LogP contribution is -1.93. The monoisotopic (exact) mass is 175 g/mol. The van der Waals surface area contributed by atoms with Gasteiger partial charge in [0.1, 0.15) is 5.75 Å². The van der Waals surface area contributed by atoms with E-state index in [1.165, 1.54) is 0 Å². The van der Waals surface area contributed by atoms with Crippen molar-refractivity contribution in [2.75, 3.05) is 7.11 Å². The topological polar surface area (TPSA) is 13.6 Å². The van der Waals surface area contributed by atoms with E-state index in [0.717, 1.165) is 22.4 Å². The highest BCUT2D eigenvalue weighted by molar-refractivity contribution is 5.41. The molecule has 68 valence electrons. The maximum atomic E-state index is 6.83. The Bertz CT molecular complexity index is 327. The summed E-state index contributed by atoms with van der Waals surface area (Å²) in [6.45, 7) is 11.3. The second-order valence-electron chi connectivity index (χ2n) is 3.06. The third-order valence-electron chi connectivity index (χ3n) is 2.14. The van der Waals surface area contributed by atoms with Gasteiger partial charge in [-0.2, -0.15) is 0 Å². The van der Waals surface area contributed by atoms with Crippen LogP contribution in [0.25, 0.3) is 4.85 Å². The van der Waals surface area contributed by atoms with Crippen LogP contribution in [0.2, 0.25) is 0 Å². The van der Waals surface area contributed by atoms with Gasteiger partial charge >= 0.3 is 0 Å². The zero-order chi connectivity index (χ0) is 9.84. The van der Waals surface area contributed by atoms with Crippen LogP contribution in [0, 0.1) is 20.4 Å². The van der Waals surface area contributed by atoms with Crippen molar-refractivity contribution in [3.05, 3.63) is 40.2 Å². The zero-order valence-corrected chi connectivity index (χ0v) is 8.22. The van der Waals surface area contributed by atoms with Crippen LogP contribution in [-0.2, 0) is 6.54 Å². The number of hydrogen-bond donors (Lipinski definition) is 0. The van der Waals surface area contributed by atoms with Crippen molar-refractivity contribution in [3.63, 3.8) is 0 Å². The van der Waals surface area contributed by atoms with Crippen molar-refractivity contribution >= 4 is 0 Å². The lowest BCUT2D eigenvalue weighted by Gasteiger charge is -2.07. The van der Waals surface area contributed by atoms with Gasteiger partial charge in [0.15, 0.2) is 0 Å². The molecule has 0 heterocycles. The first-order valence-corrected chi connectivity index (χ1v) is 4.16. The van der Waals surface area contributed by atoms with Crippen molar-refractivity contribution in [3.8, 4) is 5.75 Å². The van der Waals surface area contributed by atoms with Crippen LogP contribution in [-0.4, -0.2) is 7.11 Å². The number of benzene rings is 1. The fourth-order valence-corrected chi connectivity index (χ4v) is 1.40. The van der Waals surface area contributed by atoms with Crippen molar-refractivity contribution in [2.24, 2.45) is 0 Å². The van der Waals surface area contributed by atoms with E-state index in [4.69, 9.17) is 11.3 Å². The standard InChI is InChI=1S/C11H13NO/c1-8-5-10(13-4)6-9(2)11(8)7-12-3/h5-6H,7H2,1-2,4H3. The molecular formula is C11H13NO. The van der Waals surface area contributed by atoms with E-state index >= 15 is 0 Å². The van der Waals surface area contributed by atoms with Crippen molar-refractivity contribution in [1.82, 2.24) is 0 Å². The van der Waals surface area contributed by atoms with E-state index in [-0.39, 0.29) is 0 Å². The molecule has 0 aliphatic rings. The van der Waals surface area contributed by atoms with Gasteiger partial charge in [-0.1, -0.05) is 0 Å². The maximum Gasteiger partial charge on any atom is 0.240 e. The molecule has 0 aromatic heterocycles. The van der Waals surface area contributed by atoms with Gasteiger partial charge in [-0.3, -0.25) is 0 Å². The fourth-order valence-electron chi connectivity index (χ4n) is 1.40. The van der Waals surface area contributed by atoms with Gasteiger partial charge in [-0.05, 0) is 37.1 Å². The highest BCUT2D eigenvalue weighted by atomic mass is 16.5. The maximum absolute atomic E-state index is 6.83. The number of nitrogens with zero attached hydrogens (tertiary/aromatic N) is 1. The van der Waals surface area contributed by atoms with Crippen LogP contribution in [0.3, 0.4) is 0 Å². The minimum atomic E-state index is 0.460. The van der Waals surface area contributed by atoms with Crippen molar-refractivity contribution in [1.29, 1.82) is 0 Å². The summed E-state index contributed by atoms with van der Waals surface area (Å²) in [5.41, 5.74) is 3.39. The highest BCUT2D eigenvalue weighted by Gasteiger charge is 2.06. The molecule has 13 heavy (non-hydrogen) atoms. The molecule has 0 aliphatic carbocycles. The predicted octanol–water partition coefficient (Wildman–Crippen LogP) is 2.73. The zero-order valence-electron chi connectivity index (χ0n) is 8.22. The summed E-state index contributed by atoms with van der Waals surface area (Å²) in [4.78, 5) is 3.39. The van der Waals surface area contributed by atoms with Crippen molar-refractivity contribution in [2.45, 2.75) is 20.4 Å². The van der Waals surface area contributed by atoms with Crippen LogP contribution < -0.4 is 4.74 Å². The smallest absolute Gasteiger partial charge is 0.240 e. The Kier molecular flexibility index (Phi) is 2.92. The second kappa shape index (κ2) is 3.95. The van der Waals surface area contributed by atoms with Gasteiger partial charge in [-0.25, -0.2) is 6.57 Å². The number of aryl methyl sites for hydroxylation is 2. The number of methoxy groups -OCH3 is 1. The van der Waals surface area contributed by atoms with E-state index in [0.29, 0.717) is 6.54 Å². The van der Waals surface area contributed by atoms with E-state index < -0.39 is 0 Å². The molecule has 0 aliphatic heterocycles. The normalized spacial score (nSPS) is 9.38. The fraction of sp³-hybridized carbons (Fsp3) is 0.364. The molecule has 0 saturated heterocycles. The average Bonchev–Trinajstić information content (AvgIpc) is 2.11. The Morgan fingerprint density at radius 3 is 2.23 bits per heavy atom. The molecule has 0 unspecified atom stereocenters. The summed E-state index contributed by atoms with van der Waals surface area (Å²) >= 11 is 0. The quantitative estimate of drug-likeness (QED) is 0.630. The van der Waals surface area contributed by atoms with Crippen LogP contribution in [0.5, 0.6) is 5.75 Å². The summed E-state index contributed by atoms with van der Waals surface area (Å²) in [6.07, 6.45) is 0. The highest BCUT2D eigenvalue weighted by Crippen LogP contribution is 2.22. The molecule has 0 saturated carbocycles. The summed E-state index contributed by atoms with van der Waals surface area (Å²) in [6, 6.07) is 3.93. The summed E-state index contributed by atoms with van der Waals surface area (Å²) in [7, 11) is 1.66. The Balaban J connectivity index is 3.16. The van der Waals surface area contributed by atoms with Crippen molar-refractivity contribution < 1.29 is 4.74 Å². The van der Waals surface area contributed by atoms with E-state index in [1.807, 2.05) is 26.0 Å². The molecule has 0 atom stereocenters. The van der Waals surface area contributed by atoms with Crippen LogP contribution >= 0.6 is 0 Å². The Labute approximate surface area is 79.0 Å². The first-order valence-electron chi connectivity index (χ1n) is 4.16. The van der Waals surface area contributed by atoms with E-state index in [9.17, 15) is 0 Å². The minimum absolute atomic E-state index is 0.460. The largest absolute Gasteiger partial charge is 0.497 e. The molecule has 1 rings (SSSR count). The molecule has 0 radical (unpaired) electrons. The molecule has 1 aromatic rings. The van der Waals surface area contributed by atoms with Gasteiger partial charge in [0.2, 0.25) is 6.54 Å². The van der Waals surface area contributed by atoms with Gasteiger partial charge in [0.25, 0.3) is 0 Å². The first-order chi connectivity index (χ1) is 6.19. The minimum Gasteiger partial charge on any atom is -0.497 e. The van der Waals surface area contributed by atoms with Gasteiger partial charge in [0, 0.05) is 5.56 Å². The molecule has 2 heteroatoms. The van der Waals surface area contributed by atoms with Crippen LogP contribution in [0.4, 0.5) is 0 Å². The molecule has 0 spiro atoms. The predicted molar refractivity (Wildman–Crippen MR) is 52.8 cm³/mol. The van der Waals surface area contributed by atoms with Gasteiger partial charge in [-0.15, -0.1) is 0 Å². The van der Waals surface area contributed by atoms with Crippen LogP contribution in [0.15, 0.2) is 12.1 Å². The first kappa shape index (κ1) is 9.60. The summed E-state index contributed by atoms with van der Waals surface area (Å²) in [5, 5.41) is 0. The third kappa shape index (κ3) is 2.00. The second-order valence-corrected chi connectivity index (χ2v) is 3.06. The molecule has 2 nitrogen and oxygen atoms in total. The molecular weight excluding hydrogens is 162 g/mol. The Hall–Kier alpha value is -1.49. The summed E-state index contributed by atoms with van der Waals surface area (Å²) in [5.74, 6) is 0.865. The molecule has 0 amide bonds. The number of hydrogen-bond acceptors (Lipinski definition) is 1. The number of ether oxygens (including phenoxy) is 1. The SMILES string of the molecule is [C-]#[N+]Cc1c(C)cc(OC)cc1C. The lowest BCUT2D eigenvalue weighted by atomic mass is 10.0. The van der Waals surface area contributed by atoms with E-state index in [2.05, 4.69) is 4.85 Å². The van der Waals surface area contributed by atoms with Crippen LogP contribution in [0.1, 0.15) is 16.7 Å². The average molecular weight is 175 g/mol. The van der Waals surface area contributed by atoms with E-state index in [1.54, 1.807) is 7.11 Å². The molecule has 0 fully saturated rings. The van der Waals surface area contributed by atoms with Gasteiger partial charge in [0.05, 0.1) is 7.11 Å².